The maximum atomic E-state index is 12.9. The highest BCUT2D eigenvalue weighted by atomic mass is 16.2. The lowest BCUT2D eigenvalue weighted by molar-refractivity contribution is 0.0773. The molecule has 30 heavy (non-hydrogen) atoms. The number of aromatic nitrogens is 4. The molecule has 0 spiro atoms. The number of hydrogen-bond acceptors (Lipinski definition) is 4. The maximum Gasteiger partial charge on any atom is 0.332 e. The number of carbonyl (C=O) groups is 1. The van der Waals surface area contributed by atoms with E-state index in [1.807, 2.05) is 66.0 Å². The molecule has 3 aromatic rings. The Morgan fingerprint density at radius 3 is 2.53 bits per heavy atom. The maximum absolute atomic E-state index is 12.9. The first-order valence-electron chi connectivity index (χ1n) is 10.1. The lowest BCUT2D eigenvalue weighted by Crippen LogP contribution is -2.44. The van der Waals surface area contributed by atoms with Gasteiger partial charge in [-0.05, 0) is 24.6 Å². The van der Waals surface area contributed by atoms with Crippen molar-refractivity contribution >= 4 is 5.91 Å². The van der Waals surface area contributed by atoms with E-state index >= 15 is 0 Å². The van der Waals surface area contributed by atoms with Crippen molar-refractivity contribution in [1.29, 1.82) is 0 Å². The summed E-state index contributed by atoms with van der Waals surface area (Å²) >= 11 is 0. The van der Waals surface area contributed by atoms with Crippen molar-refractivity contribution in [1.82, 2.24) is 23.8 Å². The minimum Gasteiger partial charge on any atom is -0.347 e. The number of fused-ring (bicyclic) bond motifs is 3. The van der Waals surface area contributed by atoms with Crippen LogP contribution in [-0.2, 0) is 20.1 Å². The molecule has 2 aromatic heterocycles. The Labute approximate surface area is 173 Å². The van der Waals surface area contributed by atoms with Gasteiger partial charge in [0.05, 0.1) is 6.54 Å². The highest BCUT2D eigenvalue weighted by Gasteiger charge is 2.44. The molecule has 4 heterocycles. The van der Waals surface area contributed by atoms with Gasteiger partial charge in [-0.1, -0.05) is 29.8 Å². The lowest BCUT2D eigenvalue weighted by Gasteiger charge is -2.18. The molecule has 154 valence electrons. The molecule has 2 aliphatic rings. The van der Waals surface area contributed by atoms with E-state index in [1.54, 1.807) is 0 Å². The van der Waals surface area contributed by atoms with Gasteiger partial charge in [0.25, 0.3) is 5.91 Å². The number of hydrogen-bond donors (Lipinski definition) is 0. The fraction of sp³-hybridized carbons (Fsp3) is 0.364. The van der Waals surface area contributed by atoms with Crippen molar-refractivity contribution < 1.29 is 4.79 Å². The van der Waals surface area contributed by atoms with E-state index in [4.69, 9.17) is 0 Å². The highest BCUT2D eigenvalue weighted by molar-refractivity contribution is 5.93. The van der Waals surface area contributed by atoms with E-state index in [0.717, 1.165) is 11.1 Å². The number of likely N-dealkylation sites (tertiary alicyclic amines) is 1. The average Bonchev–Trinajstić information content (AvgIpc) is 3.42. The number of benzene rings is 1. The molecule has 8 heteroatoms. The molecule has 2 atom stereocenters. The van der Waals surface area contributed by atoms with E-state index < -0.39 is 11.1 Å². The molecule has 0 N–H and O–H groups in total. The number of carbonyl (C=O) groups excluding carboxylic acids is 1. The molecule has 1 fully saturated rings. The standard InChI is InChI=1S/C22H23N5O3/c1-14-5-7-15(8-6-14)10-27-22(30)21(29)26-12-16-11-25(13-17(16)19(26)23-27)20(28)18-4-3-9-24(18)2/h3-9,16-17H,10-13H2,1-2H3/t16-,17-/m1/s1. The Morgan fingerprint density at radius 1 is 1.07 bits per heavy atom. The van der Waals surface area contributed by atoms with Crippen LogP contribution in [0.15, 0.2) is 52.2 Å². The molecular formula is C22H23N5O3. The molecule has 0 radical (unpaired) electrons. The van der Waals surface area contributed by atoms with Gasteiger partial charge in [-0.2, -0.15) is 5.10 Å². The van der Waals surface area contributed by atoms with E-state index in [-0.39, 0.29) is 24.3 Å². The van der Waals surface area contributed by atoms with Gasteiger partial charge in [-0.3, -0.25) is 19.0 Å². The second-order valence-corrected chi connectivity index (χ2v) is 8.30. The van der Waals surface area contributed by atoms with Crippen LogP contribution in [0.4, 0.5) is 0 Å². The van der Waals surface area contributed by atoms with Crippen LogP contribution in [0.3, 0.4) is 0 Å². The summed E-state index contributed by atoms with van der Waals surface area (Å²) in [4.78, 5) is 40.0. The van der Waals surface area contributed by atoms with Gasteiger partial charge in [0, 0.05) is 44.7 Å². The van der Waals surface area contributed by atoms with Crippen molar-refractivity contribution in [3.8, 4) is 0 Å². The van der Waals surface area contributed by atoms with Gasteiger partial charge in [-0.25, -0.2) is 4.68 Å². The first-order valence-corrected chi connectivity index (χ1v) is 10.1. The third kappa shape index (κ3) is 2.91. The zero-order valence-corrected chi connectivity index (χ0v) is 17.0. The average molecular weight is 405 g/mol. The van der Waals surface area contributed by atoms with Gasteiger partial charge in [0.2, 0.25) is 0 Å². The normalized spacial score (nSPS) is 19.7. The summed E-state index contributed by atoms with van der Waals surface area (Å²) in [5, 5.41) is 4.57. The molecule has 5 rings (SSSR count). The molecule has 0 unspecified atom stereocenters. The van der Waals surface area contributed by atoms with Crippen LogP contribution in [0.5, 0.6) is 0 Å². The number of amides is 1. The summed E-state index contributed by atoms with van der Waals surface area (Å²) in [7, 11) is 1.85. The zero-order chi connectivity index (χ0) is 21.0. The van der Waals surface area contributed by atoms with Crippen LogP contribution < -0.4 is 11.1 Å². The summed E-state index contributed by atoms with van der Waals surface area (Å²) in [6.45, 7) is 3.75. The summed E-state index contributed by atoms with van der Waals surface area (Å²) in [5.74, 6) is 0.661. The molecule has 0 saturated carbocycles. The Kier molecular flexibility index (Phi) is 4.23. The molecular weight excluding hydrogens is 382 g/mol. The van der Waals surface area contributed by atoms with Crippen LogP contribution in [0, 0.1) is 12.8 Å². The number of aryl methyl sites for hydroxylation is 2. The third-order valence-corrected chi connectivity index (χ3v) is 6.26. The monoisotopic (exact) mass is 405 g/mol. The molecule has 8 nitrogen and oxygen atoms in total. The van der Waals surface area contributed by atoms with E-state index in [1.165, 1.54) is 9.25 Å². The van der Waals surface area contributed by atoms with Crippen molar-refractivity contribution in [2.24, 2.45) is 13.0 Å². The Balaban J connectivity index is 1.45. The van der Waals surface area contributed by atoms with Crippen molar-refractivity contribution in [3.05, 3.63) is 85.9 Å². The summed E-state index contributed by atoms with van der Waals surface area (Å²) < 4.78 is 4.59. The highest BCUT2D eigenvalue weighted by Crippen LogP contribution is 2.37. The molecule has 2 aliphatic heterocycles. The van der Waals surface area contributed by atoms with Crippen LogP contribution in [-0.4, -0.2) is 42.8 Å². The van der Waals surface area contributed by atoms with Crippen LogP contribution in [0.1, 0.15) is 33.4 Å². The predicted octanol–water partition coefficient (Wildman–Crippen LogP) is 0.970. The molecule has 1 saturated heterocycles. The largest absolute Gasteiger partial charge is 0.347 e. The molecule has 1 aromatic carbocycles. The zero-order valence-electron chi connectivity index (χ0n) is 17.0. The molecule has 1 amide bonds. The van der Waals surface area contributed by atoms with Gasteiger partial charge in [-0.15, -0.1) is 0 Å². The minimum atomic E-state index is -0.601. The Morgan fingerprint density at radius 2 is 1.83 bits per heavy atom. The number of nitrogens with zero attached hydrogens (tertiary/aromatic N) is 5. The van der Waals surface area contributed by atoms with E-state index in [0.29, 0.717) is 31.2 Å². The lowest BCUT2D eigenvalue weighted by atomic mass is 10.00. The fourth-order valence-corrected chi connectivity index (χ4v) is 4.57. The number of rotatable bonds is 3. The van der Waals surface area contributed by atoms with Gasteiger partial charge in [0.1, 0.15) is 11.5 Å². The van der Waals surface area contributed by atoms with Crippen molar-refractivity contribution in [2.75, 3.05) is 13.1 Å². The second kappa shape index (κ2) is 6.83. The van der Waals surface area contributed by atoms with Crippen LogP contribution in [0.2, 0.25) is 0 Å². The topological polar surface area (TPSA) is 82.1 Å². The smallest absolute Gasteiger partial charge is 0.332 e. The third-order valence-electron chi connectivity index (χ3n) is 6.26. The van der Waals surface area contributed by atoms with Gasteiger partial charge < -0.3 is 9.47 Å². The second-order valence-electron chi connectivity index (χ2n) is 8.30. The van der Waals surface area contributed by atoms with Crippen molar-refractivity contribution in [3.63, 3.8) is 0 Å². The SMILES string of the molecule is Cc1ccc(Cn2nc3n(c(=O)c2=O)C[C@H]2CN(C(=O)c4cccn4C)C[C@@H]32)cc1. The summed E-state index contributed by atoms with van der Waals surface area (Å²) in [6, 6.07) is 11.5. The molecule has 0 bridgehead atoms. The van der Waals surface area contributed by atoms with Gasteiger partial charge >= 0.3 is 11.1 Å². The fourth-order valence-electron chi connectivity index (χ4n) is 4.57. The van der Waals surface area contributed by atoms with Crippen LogP contribution >= 0.6 is 0 Å². The van der Waals surface area contributed by atoms with Gasteiger partial charge in [0.15, 0.2) is 0 Å². The predicted molar refractivity (Wildman–Crippen MR) is 111 cm³/mol. The van der Waals surface area contributed by atoms with Crippen LogP contribution in [0.25, 0.3) is 0 Å². The van der Waals surface area contributed by atoms with E-state index in [2.05, 4.69) is 5.10 Å². The van der Waals surface area contributed by atoms with E-state index in [9.17, 15) is 14.4 Å². The molecule has 0 aliphatic carbocycles. The first kappa shape index (κ1) is 18.6. The summed E-state index contributed by atoms with van der Waals surface area (Å²) in [5.41, 5.74) is 1.56. The minimum absolute atomic E-state index is 0.0150. The quantitative estimate of drug-likeness (QED) is 0.608. The first-order chi connectivity index (χ1) is 14.4. The summed E-state index contributed by atoms with van der Waals surface area (Å²) in [6.07, 6.45) is 1.85. The Hall–Kier alpha value is -3.42. The Bertz CT molecular complexity index is 1250. The van der Waals surface area contributed by atoms with Crippen molar-refractivity contribution in [2.45, 2.75) is 25.9 Å².